The van der Waals surface area contributed by atoms with Gasteiger partial charge in [0.05, 0.1) is 4.88 Å². The van der Waals surface area contributed by atoms with Crippen LogP contribution in [-0.2, 0) is 17.8 Å². The van der Waals surface area contributed by atoms with Gasteiger partial charge >= 0.3 is 0 Å². The van der Waals surface area contributed by atoms with Gasteiger partial charge in [0.2, 0.25) is 17.6 Å². The van der Waals surface area contributed by atoms with Crippen molar-refractivity contribution in [2.24, 2.45) is 0 Å². The van der Waals surface area contributed by atoms with Crippen LogP contribution in [0.15, 0.2) is 46.3 Å². The van der Waals surface area contributed by atoms with Crippen molar-refractivity contribution >= 4 is 17.2 Å². The summed E-state index contributed by atoms with van der Waals surface area (Å²) in [6.07, 6.45) is 0.774. The molecule has 23 heavy (non-hydrogen) atoms. The second-order valence-corrected chi connectivity index (χ2v) is 6.20. The summed E-state index contributed by atoms with van der Waals surface area (Å²) in [7, 11) is 0. The largest absolute Gasteiger partial charge is 0.352 e. The van der Waals surface area contributed by atoms with E-state index in [0.717, 1.165) is 10.4 Å². The smallest absolute Gasteiger partial charge is 0.227 e. The molecule has 0 saturated heterocycles. The van der Waals surface area contributed by atoms with Gasteiger partial charge in [-0.1, -0.05) is 41.1 Å². The first-order valence-electron chi connectivity index (χ1n) is 7.39. The number of rotatable bonds is 6. The third-order valence-corrected chi connectivity index (χ3v) is 4.21. The molecule has 0 aliphatic carbocycles. The number of nitrogens with zero attached hydrogens (tertiary/aromatic N) is 2. The molecule has 0 unspecified atom stereocenters. The van der Waals surface area contributed by atoms with Crippen molar-refractivity contribution in [3.8, 4) is 10.7 Å². The number of hydrogen-bond acceptors (Lipinski definition) is 5. The monoisotopic (exact) mass is 327 g/mol. The fraction of sp³-hybridized carbons (Fsp3) is 0.235. The first-order valence-corrected chi connectivity index (χ1v) is 8.27. The molecule has 2 heterocycles. The second-order valence-electron chi connectivity index (χ2n) is 5.25. The number of thiophene rings is 1. The summed E-state index contributed by atoms with van der Waals surface area (Å²) in [5, 5.41) is 8.80. The van der Waals surface area contributed by atoms with E-state index in [2.05, 4.69) is 21.5 Å². The number of nitrogens with one attached hydrogen (secondary N) is 1. The number of hydrogen-bond donors (Lipinski definition) is 1. The lowest BCUT2D eigenvalue weighted by Crippen LogP contribution is -2.23. The highest BCUT2D eigenvalue weighted by Crippen LogP contribution is 2.21. The fourth-order valence-corrected chi connectivity index (χ4v) is 2.84. The van der Waals surface area contributed by atoms with Crippen LogP contribution in [0.1, 0.15) is 23.4 Å². The molecule has 3 aromatic rings. The maximum Gasteiger partial charge on any atom is 0.227 e. The quantitative estimate of drug-likeness (QED) is 0.754. The molecule has 2 aromatic heterocycles. The first kappa shape index (κ1) is 15.4. The minimum absolute atomic E-state index is 0.0256. The Labute approximate surface area is 138 Å². The average molecular weight is 327 g/mol. The van der Waals surface area contributed by atoms with E-state index in [4.69, 9.17) is 4.52 Å². The van der Waals surface area contributed by atoms with Crippen LogP contribution in [0.3, 0.4) is 0 Å². The van der Waals surface area contributed by atoms with E-state index in [1.54, 1.807) is 11.3 Å². The summed E-state index contributed by atoms with van der Waals surface area (Å²) in [5.41, 5.74) is 2.28. The highest BCUT2D eigenvalue weighted by molar-refractivity contribution is 7.13. The molecular weight excluding hydrogens is 310 g/mol. The van der Waals surface area contributed by atoms with E-state index in [0.29, 0.717) is 31.1 Å². The zero-order valence-corrected chi connectivity index (χ0v) is 13.6. The summed E-state index contributed by atoms with van der Waals surface area (Å²) in [6.45, 7) is 2.57. The van der Waals surface area contributed by atoms with Gasteiger partial charge in [0.25, 0.3) is 0 Å². The minimum Gasteiger partial charge on any atom is -0.352 e. The lowest BCUT2D eigenvalue weighted by molar-refractivity contribution is -0.121. The zero-order chi connectivity index (χ0) is 16.1. The molecule has 0 radical (unpaired) electrons. The van der Waals surface area contributed by atoms with E-state index in [1.807, 2.05) is 42.6 Å². The second kappa shape index (κ2) is 7.19. The first-order chi connectivity index (χ1) is 11.2. The molecule has 118 valence electrons. The van der Waals surface area contributed by atoms with Gasteiger partial charge in [0.1, 0.15) is 0 Å². The Morgan fingerprint density at radius 1 is 1.30 bits per heavy atom. The van der Waals surface area contributed by atoms with Gasteiger partial charge in [-0.25, -0.2) is 0 Å². The Hall–Kier alpha value is -2.47. The average Bonchev–Trinajstić information content (AvgIpc) is 3.22. The van der Waals surface area contributed by atoms with Gasteiger partial charge < -0.3 is 9.84 Å². The molecule has 0 atom stereocenters. The van der Waals surface area contributed by atoms with E-state index >= 15 is 0 Å². The summed E-state index contributed by atoms with van der Waals surface area (Å²) in [6, 6.07) is 12.0. The maximum absolute atomic E-state index is 11.9. The van der Waals surface area contributed by atoms with Crippen LogP contribution < -0.4 is 5.32 Å². The number of aryl methyl sites for hydroxylation is 2. The van der Waals surface area contributed by atoms with Crippen LogP contribution in [0, 0.1) is 6.92 Å². The summed E-state index contributed by atoms with van der Waals surface area (Å²) in [5.74, 6) is 1.04. The van der Waals surface area contributed by atoms with Crippen LogP contribution in [-0.4, -0.2) is 16.0 Å². The molecular formula is C17H17N3O2S. The molecule has 0 fully saturated rings. The predicted molar refractivity (Wildman–Crippen MR) is 89.0 cm³/mol. The molecule has 0 saturated carbocycles. The maximum atomic E-state index is 11.9. The van der Waals surface area contributed by atoms with Crippen molar-refractivity contribution in [2.45, 2.75) is 26.3 Å². The standard InChI is InChI=1S/C17H17N3O2S/c1-12-4-2-5-13(10-12)11-18-15(21)7-8-16-19-17(20-22-16)14-6-3-9-23-14/h2-6,9-10H,7-8,11H2,1H3,(H,18,21). The molecule has 0 spiro atoms. The molecule has 0 bridgehead atoms. The van der Waals surface area contributed by atoms with E-state index in [1.165, 1.54) is 5.56 Å². The van der Waals surface area contributed by atoms with Gasteiger partial charge in [0.15, 0.2) is 0 Å². The van der Waals surface area contributed by atoms with Crippen LogP contribution in [0.2, 0.25) is 0 Å². The van der Waals surface area contributed by atoms with Crippen LogP contribution >= 0.6 is 11.3 Å². The predicted octanol–water partition coefficient (Wildman–Crippen LogP) is 3.36. The van der Waals surface area contributed by atoms with E-state index in [9.17, 15) is 4.79 Å². The van der Waals surface area contributed by atoms with Crippen LogP contribution in [0.5, 0.6) is 0 Å². The SMILES string of the molecule is Cc1cccc(CNC(=O)CCc2nc(-c3cccs3)no2)c1. The molecule has 3 rings (SSSR count). The van der Waals surface area contributed by atoms with Crippen LogP contribution in [0.4, 0.5) is 0 Å². The Bertz CT molecular complexity index is 781. The number of carbonyl (C=O) groups is 1. The number of benzene rings is 1. The topological polar surface area (TPSA) is 68.0 Å². The van der Waals surface area contributed by atoms with Crippen molar-refractivity contribution in [2.75, 3.05) is 0 Å². The zero-order valence-electron chi connectivity index (χ0n) is 12.8. The fourth-order valence-electron chi connectivity index (χ4n) is 2.19. The Morgan fingerprint density at radius 2 is 2.22 bits per heavy atom. The lowest BCUT2D eigenvalue weighted by Gasteiger charge is -2.05. The molecule has 0 aliphatic heterocycles. The van der Waals surface area contributed by atoms with Crippen molar-refractivity contribution in [1.82, 2.24) is 15.5 Å². The highest BCUT2D eigenvalue weighted by atomic mass is 32.1. The van der Waals surface area contributed by atoms with Crippen molar-refractivity contribution < 1.29 is 9.32 Å². The molecule has 1 aromatic carbocycles. The summed E-state index contributed by atoms with van der Waals surface area (Å²) in [4.78, 5) is 17.2. The third kappa shape index (κ3) is 4.26. The van der Waals surface area contributed by atoms with E-state index in [-0.39, 0.29) is 5.91 Å². The lowest BCUT2D eigenvalue weighted by atomic mass is 10.1. The van der Waals surface area contributed by atoms with Gasteiger partial charge in [-0.3, -0.25) is 4.79 Å². The summed E-state index contributed by atoms with van der Waals surface area (Å²) < 4.78 is 5.18. The molecule has 1 amide bonds. The molecule has 1 N–H and O–H groups in total. The van der Waals surface area contributed by atoms with Gasteiger partial charge in [0, 0.05) is 19.4 Å². The number of aromatic nitrogens is 2. The van der Waals surface area contributed by atoms with Crippen molar-refractivity contribution in [3.05, 3.63) is 58.8 Å². The van der Waals surface area contributed by atoms with Crippen molar-refractivity contribution in [3.63, 3.8) is 0 Å². The molecule has 5 nitrogen and oxygen atoms in total. The van der Waals surface area contributed by atoms with Gasteiger partial charge in [-0.15, -0.1) is 11.3 Å². The third-order valence-electron chi connectivity index (χ3n) is 3.35. The normalized spacial score (nSPS) is 10.7. The number of carbonyl (C=O) groups excluding carboxylic acids is 1. The molecule has 6 heteroatoms. The summed E-state index contributed by atoms with van der Waals surface area (Å²) >= 11 is 1.56. The Kier molecular flexibility index (Phi) is 4.83. The highest BCUT2D eigenvalue weighted by Gasteiger charge is 2.11. The Morgan fingerprint density at radius 3 is 3.00 bits per heavy atom. The minimum atomic E-state index is -0.0256. The van der Waals surface area contributed by atoms with Crippen LogP contribution in [0.25, 0.3) is 10.7 Å². The van der Waals surface area contributed by atoms with Crippen molar-refractivity contribution in [1.29, 1.82) is 0 Å². The van der Waals surface area contributed by atoms with E-state index < -0.39 is 0 Å². The number of amides is 1. The molecule has 0 aliphatic rings. The van der Waals surface area contributed by atoms with Gasteiger partial charge in [-0.05, 0) is 23.9 Å². The van der Waals surface area contributed by atoms with Gasteiger partial charge in [-0.2, -0.15) is 4.98 Å². The Balaban J connectivity index is 1.47.